The molecule has 3 aromatic rings. The second-order valence-electron chi connectivity index (χ2n) is 7.07. The summed E-state index contributed by atoms with van der Waals surface area (Å²) in [5, 5.41) is 14.7. The summed E-state index contributed by atoms with van der Waals surface area (Å²) in [6.45, 7) is 3.78. The molecule has 0 saturated carbocycles. The number of aryl methyl sites for hydroxylation is 2. The van der Waals surface area contributed by atoms with Crippen LogP contribution in [0.5, 0.6) is 11.5 Å². The van der Waals surface area contributed by atoms with Gasteiger partial charge in [-0.25, -0.2) is 5.43 Å². The summed E-state index contributed by atoms with van der Waals surface area (Å²) in [4.78, 5) is 12.0. The Balaban J connectivity index is 1.58. The summed E-state index contributed by atoms with van der Waals surface area (Å²) < 4.78 is 5.50. The zero-order valence-electron chi connectivity index (χ0n) is 16.9. The van der Waals surface area contributed by atoms with Crippen molar-refractivity contribution in [2.24, 2.45) is 5.10 Å². The van der Waals surface area contributed by atoms with E-state index in [4.69, 9.17) is 16.3 Å². The van der Waals surface area contributed by atoms with Crippen LogP contribution in [-0.4, -0.2) is 23.8 Å². The molecule has 6 heteroatoms. The van der Waals surface area contributed by atoms with Crippen LogP contribution >= 0.6 is 11.6 Å². The van der Waals surface area contributed by atoms with Crippen molar-refractivity contribution in [2.75, 3.05) is 6.61 Å². The van der Waals surface area contributed by atoms with Crippen molar-refractivity contribution in [3.8, 4) is 11.5 Å². The molecule has 1 amide bonds. The van der Waals surface area contributed by atoms with Crippen LogP contribution in [0.25, 0.3) is 0 Å². The van der Waals surface area contributed by atoms with Crippen LogP contribution in [0, 0.1) is 13.8 Å². The Labute approximate surface area is 181 Å². The third kappa shape index (κ3) is 6.09. The molecule has 30 heavy (non-hydrogen) atoms. The van der Waals surface area contributed by atoms with Crippen molar-refractivity contribution in [3.63, 3.8) is 0 Å². The summed E-state index contributed by atoms with van der Waals surface area (Å²) in [6, 6.07) is 18.6. The van der Waals surface area contributed by atoms with Gasteiger partial charge in [0.05, 0.1) is 6.21 Å². The molecule has 0 aliphatic rings. The number of phenolic OH excluding ortho intramolecular Hbond substituents is 1. The van der Waals surface area contributed by atoms with Crippen molar-refractivity contribution in [3.05, 3.63) is 93.5 Å². The molecule has 2 N–H and O–H groups in total. The number of ether oxygens (including phenoxy) is 1. The van der Waals surface area contributed by atoms with Crippen LogP contribution in [0.4, 0.5) is 0 Å². The van der Waals surface area contributed by atoms with Crippen LogP contribution in [-0.2, 0) is 11.2 Å². The molecule has 3 rings (SSSR count). The predicted molar refractivity (Wildman–Crippen MR) is 120 cm³/mol. The number of hydrogen-bond acceptors (Lipinski definition) is 4. The van der Waals surface area contributed by atoms with Gasteiger partial charge in [0.25, 0.3) is 5.91 Å². The number of hydrogen-bond donors (Lipinski definition) is 2. The van der Waals surface area contributed by atoms with E-state index in [0.717, 1.165) is 22.3 Å². The molecule has 0 fully saturated rings. The van der Waals surface area contributed by atoms with Crippen molar-refractivity contribution in [1.82, 2.24) is 5.43 Å². The van der Waals surface area contributed by atoms with E-state index >= 15 is 0 Å². The van der Waals surface area contributed by atoms with E-state index in [9.17, 15) is 9.90 Å². The number of amides is 1. The average molecular weight is 423 g/mol. The molecule has 0 spiro atoms. The summed E-state index contributed by atoms with van der Waals surface area (Å²) in [6.07, 6.45) is 2.02. The van der Waals surface area contributed by atoms with Crippen LogP contribution in [0.15, 0.2) is 65.8 Å². The lowest BCUT2D eigenvalue weighted by molar-refractivity contribution is -0.123. The van der Waals surface area contributed by atoms with Gasteiger partial charge in [0, 0.05) is 10.6 Å². The van der Waals surface area contributed by atoms with Gasteiger partial charge in [-0.3, -0.25) is 4.79 Å². The third-order valence-corrected chi connectivity index (χ3v) is 4.77. The van der Waals surface area contributed by atoms with Crippen molar-refractivity contribution < 1.29 is 14.6 Å². The number of phenols is 1. The molecule has 0 heterocycles. The highest BCUT2D eigenvalue weighted by Gasteiger charge is 2.06. The first-order valence-electron chi connectivity index (χ1n) is 9.49. The average Bonchev–Trinajstić information content (AvgIpc) is 2.70. The summed E-state index contributed by atoms with van der Waals surface area (Å²) in [5.74, 6) is 0.316. The van der Waals surface area contributed by atoms with E-state index in [2.05, 4.69) is 10.5 Å². The predicted octanol–water partition coefficient (Wildman–Crippen LogP) is 4.78. The quantitative estimate of drug-likeness (QED) is 0.425. The largest absolute Gasteiger partial charge is 0.507 e. The lowest BCUT2D eigenvalue weighted by Gasteiger charge is -2.08. The van der Waals surface area contributed by atoms with Gasteiger partial charge in [-0.1, -0.05) is 41.9 Å². The third-order valence-electron chi connectivity index (χ3n) is 4.40. The summed E-state index contributed by atoms with van der Waals surface area (Å²) in [7, 11) is 0. The Kier molecular flexibility index (Phi) is 7.09. The van der Waals surface area contributed by atoms with Crippen LogP contribution in [0.3, 0.4) is 0 Å². The molecule has 0 atom stereocenters. The van der Waals surface area contributed by atoms with Gasteiger partial charge in [-0.15, -0.1) is 0 Å². The molecule has 0 aromatic heterocycles. The first-order chi connectivity index (χ1) is 14.4. The standard InChI is InChI=1S/C24H23ClN2O3/c1-16-9-17(2)11-21(10-16)30-15-24(29)27-26-14-20-13-18(7-8-23(20)28)12-19-5-3-4-6-22(19)25/h3-11,13-14,28H,12,15H2,1-2H3,(H,27,29)/b26-14+. The maximum Gasteiger partial charge on any atom is 0.277 e. The molecule has 0 radical (unpaired) electrons. The number of carbonyl (C=O) groups excluding carboxylic acids is 1. The van der Waals surface area contributed by atoms with E-state index in [1.54, 1.807) is 12.1 Å². The normalized spacial score (nSPS) is 10.9. The Morgan fingerprint density at radius 3 is 2.57 bits per heavy atom. The van der Waals surface area contributed by atoms with Gasteiger partial charge in [0.1, 0.15) is 11.5 Å². The minimum atomic E-state index is -0.392. The molecule has 0 saturated heterocycles. The first kappa shape index (κ1) is 21.4. The Morgan fingerprint density at radius 2 is 1.83 bits per heavy atom. The Morgan fingerprint density at radius 1 is 1.10 bits per heavy atom. The molecular weight excluding hydrogens is 400 g/mol. The van der Waals surface area contributed by atoms with Gasteiger partial charge in [-0.05, 0) is 72.9 Å². The number of nitrogens with one attached hydrogen (secondary N) is 1. The number of benzene rings is 3. The maximum atomic E-state index is 12.0. The Hall–Kier alpha value is -3.31. The van der Waals surface area contributed by atoms with Crippen LogP contribution < -0.4 is 10.2 Å². The molecule has 0 aliphatic carbocycles. The fourth-order valence-corrected chi connectivity index (χ4v) is 3.25. The molecule has 154 valence electrons. The number of halogens is 1. The van der Waals surface area contributed by atoms with E-state index < -0.39 is 5.91 Å². The fourth-order valence-electron chi connectivity index (χ4n) is 3.05. The minimum absolute atomic E-state index is 0.0717. The molecule has 0 unspecified atom stereocenters. The first-order valence-corrected chi connectivity index (χ1v) is 9.87. The van der Waals surface area contributed by atoms with E-state index in [0.29, 0.717) is 22.8 Å². The Bertz CT molecular complexity index is 1060. The number of aromatic hydroxyl groups is 1. The highest BCUT2D eigenvalue weighted by molar-refractivity contribution is 6.31. The molecule has 5 nitrogen and oxygen atoms in total. The molecule has 0 aliphatic heterocycles. The highest BCUT2D eigenvalue weighted by Crippen LogP contribution is 2.22. The molecule has 0 bridgehead atoms. The SMILES string of the molecule is Cc1cc(C)cc(OCC(=O)N/N=C/c2cc(Cc3ccccc3Cl)ccc2O)c1. The fraction of sp³-hybridized carbons (Fsp3) is 0.167. The number of hydrazone groups is 1. The minimum Gasteiger partial charge on any atom is -0.507 e. The lowest BCUT2D eigenvalue weighted by Crippen LogP contribution is -2.24. The maximum absolute atomic E-state index is 12.0. The van der Waals surface area contributed by atoms with Crippen molar-refractivity contribution in [2.45, 2.75) is 20.3 Å². The summed E-state index contributed by atoms with van der Waals surface area (Å²) in [5.41, 5.74) is 6.99. The number of rotatable bonds is 7. The van der Waals surface area contributed by atoms with Crippen molar-refractivity contribution in [1.29, 1.82) is 0 Å². The van der Waals surface area contributed by atoms with Gasteiger partial charge in [-0.2, -0.15) is 5.10 Å². The van der Waals surface area contributed by atoms with E-state index in [1.807, 2.05) is 62.4 Å². The topological polar surface area (TPSA) is 70.9 Å². The van der Waals surface area contributed by atoms with Crippen LogP contribution in [0.1, 0.15) is 27.8 Å². The van der Waals surface area contributed by atoms with Gasteiger partial charge in [0.2, 0.25) is 0 Å². The molecular formula is C24H23ClN2O3. The second-order valence-corrected chi connectivity index (χ2v) is 7.47. The smallest absolute Gasteiger partial charge is 0.277 e. The van der Waals surface area contributed by atoms with Gasteiger partial charge in [0.15, 0.2) is 6.61 Å². The monoisotopic (exact) mass is 422 g/mol. The second kappa shape index (κ2) is 9.94. The van der Waals surface area contributed by atoms with Crippen molar-refractivity contribution >= 4 is 23.7 Å². The molecule has 3 aromatic carbocycles. The highest BCUT2D eigenvalue weighted by atomic mass is 35.5. The van der Waals surface area contributed by atoms with E-state index in [-0.39, 0.29) is 12.4 Å². The van der Waals surface area contributed by atoms with Gasteiger partial charge < -0.3 is 9.84 Å². The lowest BCUT2D eigenvalue weighted by atomic mass is 10.0. The zero-order valence-corrected chi connectivity index (χ0v) is 17.6. The number of carbonyl (C=O) groups is 1. The summed E-state index contributed by atoms with van der Waals surface area (Å²) >= 11 is 6.22. The van der Waals surface area contributed by atoms with Crippen LogP contribution in [0.2, 0.25) is 5.02 Å². The van der Waals surface area contributed by atoms with Gasteiger partial charge >= 0.3 is 0 Å². The van der Waals surface area contributed by atoms with E-state index in [1.165, 1.54) is 6.21 Å². The number of nitrogens with zero attached hydrogens (tertiary/aromatic N) is 1. The zero-order chi connectivity index (χ0) is 21.5.